The zero-order valence-electron chi connectivity index (χ0n) is 18.7. The lowest BCUT2D eigenvalue weighted by atomic mass is 10.1. The number of carbonyl (C=O) groups is 2. The van der Waals surface area contributed by atoms with Crippen LogP contribution in [0.25, 0.3) is 0 Å². The molecule has 0 aliphatic carbocycles. The predicted molar refractivity (Wildman–Crippen MR) is 114 cm³/mol. The van der Waals surface area contributed by atoms with E-state index in [-0.39, 0.29) is 25.5 Å². The molecule has 2 N–H and O–H groups in total. The van der Waals surface area contributed by atoms with Gasteiger partial charge in [0, 0.05) is 38.9 Å². The number of anilines is 1. The maximum Gasteiger partial charge on any atom is 0.407 e. The van der Waals surface area contributed by atoms with Gasteiger partial charge in [0.05, 0.1) is 25.8 Å². The molecule has 0 bridgehead atoms. The number of aromatic nitrogens is 1. The van der Waals surface area contributed by atoms with Crippen molar-refractivity contribution in [1.29, 1.82) is 0 Å². The van der Waals surface area contributed by atoms with E-state index in [9.17, 15) is 22.8 Å². The first-order chi connectivity index (χ1) is 16.2. The average Bonchev–Trinajstić information content (AvgIpc) is 2.81. The molecule has 2 aliphatic rings. The number of hydrogen-bond acceptors (Lipinski definition) is 8. The minimum Gasteiger partial charge on any atom is -0.490 e. The van der Waals surface area contributed by atoms with Gasteiger partial charge in [0.15, 0.2) is 5.92 Å². The number of carbonyl (C=O) groups excluding carboxylic acids is 2. The SMILES string of the molecule is C[C@@H](COCCC(=O)N1CCN(c2ccc(CN)cn2)CC1)OC1=CN=NC(=O)C1C(F)(F)F. The van der Waals surface area contributed by atoms with Gasteiger partial charge in [-0.15, -0.1) is 5.11 Å². The van der Waals surface area contributed by atoms with Crippen molar-refractivity contribution in [1.82, 2.24) is 9.88 Å². The average molecular weight is 484 g/mol. The van der Waals surface area contributed by atoms with Gasteiger partial charge in [-0.3, -0.25) is 9.59 Å². The van der Waals surface area contributed by atoms with Crippen LogP contribution in [0.5, 0.6) is 0 Å². The molecule has 0 saturated carbocycles. The summed E-state index contributed by atoms with van der Waals surface area (Å²) in [6.07, 6.45) is -2.96. The second kappa shape index (κ2) is 11.4. The molecule has 34 heavy (non-hydrogen) atoms. The normalized spacial score (nSPS) is 19.7. The number of amides is 2. The van der Waals surface area contributed by atoms with Crippen LogP contribution in [-0.2, 0) is 25.6 Å². The van der Waals surface area contributed by atoms with E-state index in [0.717, 1.165) is 17.6 Å². The lowest BCUT2D eigenvalue weighted by molar-refractivity contribution is -0.183. The third kappa shape index (κ3) is 6.73. The Morgan fingerprint density at radius 1 is 1.26 bits per heavy atom. The van der Waals surface area contributed by atoms with Crippen molar-refractivity contribution in [2.24, 2.45) is 21.9 Å². The molecule has 0 aromatic carbocycles. The van der Waals surface area contributed by atoms with E-state index >= 15 is 0 Å². The summed E-state index contributed by atoms with van der Waals surface area (Å²) in [5, 5.41) is 6.17. The first kappa shape index (κ1) is 25.6. The van der Waals surface area contributed by atoms with Crippen LogP contribution in [0, 0.1) is 5.92 Å². The highest BCUT2D eigenvalue weighted by molar-refractivity contribution is 5.83. The zero-order valence-corrected chi connectivity index (χ0v) is 18.7. The minimum atomic E-state index is -4.83. The quantitative estimate of drug-likeness (QED) is 0.532. The van der Waals surface area contributed by atoms with Crippen molar-refractivity contribution >= 4 is 17.6 Å². The van der Waals surface area contributed by atoms with Gasteiger partial charge in [-0.25, -0.2) is 4.98 Å². The van der Waals surface area contributed by atoms with Gasteiger partial charge in [0.25, 0.3) is 5.91 Å². The standard InChI is InChI=1S/C21H27F3N6O4/c1-14(34-16-12-27-28-20(32)19(16)21(22,23)24)13-33-9-4-18(31)30-7-5-29(6-8-30)17-3-2-15(10-25)11-26-17/h2-3,11-12,14,19H,4-10,13,25H2,1H3/t14-,19?/m0/s1. The van der Waals surface area contributed by atoms with Crippen LogP contribution in [-0.4, -0.2) is 73.4 Å². The van der Waals surface area contributed by atoms with Gasteiger partial charge >= 0.3 is 6.18 Å². The number of azo groups is 1. The third-order valence-corrected chi connectivity index (χ3v) is 5.35. The molecule has 1 unspecified atom stereocenters. The number of rotatable bonds is 9. The van der Waals surface area contributed by atoms with Crippen molar-refractivity contribution in [3.63, 3.8) is 0 Å². The topological polar surface area (TPSA) is 123 Å². The molecule has 1 aromatic heterocycles. The van der Waals surface area contributed by atoms with E-state index in [2.05, 4.69) is 20.1 Å². The van der Waals surface area contributed by atoms with Crippen LogP contribution in [0.2, 0.25) is 0 Å². The number of piperazine rings is 1. The molecule has 13 heteroatoms. The second-order valence-electron chi connectivity index (χ2n) is 7.91. The minimum absolute atomic E-state index is 0.0568. The number of hydrogen-bond donors (Lipinski definition) is 1. The largest absolute Gasteiger partial charge is 0.490 e. The predicted octanol–water partition coefficient (Wildman–Crippen LogP) is 2.01. The summed E-state index contributed by atoms with van der Waals surface area (Å²) in [5.41, 5.74) is 6.54. The van der Waals surface area contributed by atoms with Crippen LogP contribution in [0.15, 0.2) is 40.5 Å². The van der Waals surface area contributed by atoms with Crippen molar-refractivity contribution in [2.45, 2.75) is 32.2 Å². The fraction of sp³-hybridized carbons (Fsp3) is 0.571. The molecular formula is C21H27F3N6O4. The molecule has 0 radical (unpaired) electrons. The van der Waals surface area contributed by atoms with E-state index in [1.54, 1.807) is 11.1 Å². The number of nitrogens with zero attached hydrogens (tertiary/aromatic N) is 5. The van der Waals surface area contributed by atoms with Gasteiger partial charge in [-0.2, -0.15) is 18.3 Å². The van der Waals surface area contributed by atoms with Gasteiger partial charge in [0.2, 0.25) is 5.91 Å². The molecule has 186 valence electrons. The molecule has 10 nitrogen and oxygen atoms in total. The molecule has 2 atom stereocenters. The zero-order chi connectivity index (χ0) is 24.7. The lowest BCUT2D eigenvalue weighted by Crippen LogP contribution is -2.49. The lowest BCUT2D eigenvalue weighted by Gasteiger charge is -2.35. The number of alkyl halides is 3. The Bertz CT molecular complexity index is 914. The summed E-state index contributed by atoms with van der Waals surface area (Å²) >= 11 is 0. The summed E-state index contributed by atoms with van der Waals surface area (Å²) in [6, 6.07) is 3.84. The maximum absolute atomic E-state index is 13.1. The molecule has 3 heterocycles. The Kier molecular flexibility index (Phi) is 8.56. The molecule has 2 aliphatic heterocycles. The smallest absolute Gasteiger partial charge is 0.407 e. The summed E-state index contributed by atoms with van der Waals surface area (Å²) in [4.78, 5) is 32.1. The summed E-state index contributed by atoms with van der Waals surface area (Å²) < 4.78 is 49.9. The van der Waals surface area contributed by atoms with Crippen molar-refractivity contribution in [2.75, 3.05) is 44.3 Å². The first-order valence-corrected chi connectivity index (χ1v) is 10.8. The van der Waals surface area contributed by atoms with E-state index in [1.165, 1.54) is 6.92 Å². The summed E-state index contributed by atoms with van der Waals surface area (Å²) in [7, 11) is 0. The van der Waals surface area contributed by atoms with Gasteiger partial charge < -0.3 is 25.0 Å². The van der Waals surface area contributed by atoms with E-state index in [4.69, 9.17) is 15.2 Å². The fourth-order valence-corrected chi connectivity index (χ4v) is 3.54. The second-order valence-corrected chi connectivity index (χ2v) is 7.91. The van der Waals surface area contributed by atoms with E-state index in [1.807, 2.05) is 12.1 Å². The number of ether oxygens (including phenoxy) is 2. The van der Waals surface area contributed by atoms with Crippen molar-refractivity contribution in [3.8, 4) is 0 Å². The van der Waals surface area contributed by atoms with Crippen LogP contribution in [0.4, 0.5) is 19.0 Å². The highest BCUT2D eigenvalue weighted by Gasteiger charge is 2.50. The van der Waals surface area contributed by atoms with Crippen molar-refractivity contribution in [3.05, 3.63) is 35.9 Å². The molecule has 1 fully saturated rings. The van der Waals surface area contributed by atoms with Gasteiger partial charge in [-0.05, 0) is 18.6 Å². The summed E-state index contributed by atoms with van der Waals surface area (Å²) in [6.45, 7) is 4.37. The monoisotopic (exact) mass is 484 g/mol. The Morgan fingerprint density at radius 3 is 2.62 bits per heavy atom. The van der Waals surface area contributed by atoms with Crippen LogP contribution in [0.3, 0.4) is 0 Å². The Hall–Kier alpha value is -3.06. The number of halogens is 3. The first-order valence-electron chi connectivity index (χ1n) is 10.8. The fourth-order valence-electron chi connectivity index (χ4n) is 3.54. The maximum atomic E-state index is 13.1. The molecule has 1 saturated heterocycles. The third-order valence-electron chi connectivity index (χ3n) is 5.35. The molecule has 3 rings (SSSR count). The Labute approximate surface area is 194 Å². The number of pyridine rings is 1. The van der Waals surface area contributed by atoms with Gasteiger partial charge in [0.1, 0.15) is 17.7 Å². The van der Waals surface area contributed by atoms with Crippen LogP contribution < -0.4 is 10.6 Å². The number of nitrogens with two attached hydrogens (primary N) is 1. The molecule has 1 aromatic rings. The Balaban J connectivity index is 1.36. The van der Waals surface area contributed by atoms with E-state index in [0.29, 0.717) is 32.7 Å². The van der Waals surface area contributed by atoms with E-state index < -0.39 is 29.9 Å². The van der Waals surface area contributed by atoms with Crippen LogP contribution >= 0.6 is 0 Å². The van der Waals surface area contributed by atoms with Crippen molar-refractivity contribution < 1.29 is 32.2 Å². The molecule has 2 amide bonds. The highest BCUT2D eigenvalue weighted by Crippen LogP contribution is 2.36. The molecule has 0 spiro atoms. The Morgan fingerprint density at radius 2 is 2.00 bits per heavy atom. The highest BCUT2D eigenvalue weighted by atomic mass is 19.4. The summed E-state index contributed by atoms with van der Waals surface area (Å²) in [5.74, 6) is -3.75. The van der Waals surface area contributed by atoms with Crippen LogP contribution in [0.1, 0.15) is 18.9 Å². The molecular weight excluding hydrogens is 457 g/mol. The van der Waals surface area contributed by atoms with Gasteiger partial charge in [-0.1, -0.05) is 6.07 Å².